The molecule has 2 bridgehead atoms. The van der Waals surface area contributed by atoms with Crippen LogP contribution in [0.4, 0.5) is 5.82 Å². The van der Waals surface area contributed by atoms with Crippen LogP contribution in [0.25, 0.3) is 0 Å². The van der Waals surface area contributed by atoms with E-state index in [9.17, 15) is 4.79 Å². The van der Waals surface area contributed by atoms with Gasteiger partial charge >= 0.3 is 0 Å². The molecule has 0 saturated carbocycles. The van der Waals surface area contributed by atoms with Crippen LogP contribution in [-0.4, -0.2) is 42.2 Å². The molecular weight excluding hydrogens is 350 g/mol. The summed E-state index contributed by atoms with van der Waals surface area (Å²) in [7, 11) is 0. The highest BCUT2D eigenvalue weighted by molar-refractivity contribution is 5.94. The summed E-state index contributed by atoms with van der Waals surface area (Å²) < 4.78 is 6.50. The van der Waals surface area contributed by atoms with Crippen LogP contribution in [0.1, 0.15) is 34.3 Å². The number of anilines is 1. The number of aromatic nitrogens is 1. The van der Waals surface area contributed by atoms with Crippen LogP contribution in [0.2, 0.25) is 0 Å². The average Bonchev–Trinajstić information content (AvgIpc) is 3.36. The Balaban J connectivity index is 1.28. The van der Waals surface area contributed by atoms with Crippen LogP contribution in [-0.2, 0) is 4.74 Å². The first kappa shape index (κ1) is 17.7. The van der Waals surface area contributed by atoms with Gasteiger partial charge in [0.1, 0.15) is 5.82 Å². The van der Waals surface area contributed by atoms with Crippen LogP contribution in [0.5, 0.6) is 0 Å². The number of carbonyl (C=O) groups is 1. The normalized spacial score (nSPS) is 30.5. The van der Waals surface area contributed by atoms with Gasteiger partial charge in [0.2, 0.25) is 0 Å². The third-order valence-corrected chi connectivity index (χ3v) is 6.82. The van der Waals surface area contributed by atoms with Gasteiger partial charge in [0.25, 0.3) is 5.91 Å². The zero-order chi connectivity index (χ0) is 19.3. The van der Waals surface area contributed by atoms with Crippen molar-refractivity contribution < 1.29 is 9.53 Å². The van der Waals surface area contributed by atoms with Gasteiger partial charge in [-0.25, -0.2) is 4.98 Å². The van der Waals surface area contributed by atoms with Crippen molar-refractivity contribution in [3.05, 3.63) is 59.3 Å². The fourth-order valence-electron chi connectivity index (χ4n) is 5.30. The van der Waals surface area contributed by atoms with Gasteiger partial charge in [-0.15, -0.1) is 0 Å². The fourth-order valence-corrected chi connectivity index (χ4v) is 5.30. The summed E-state index contributed by atoms with van der Waals surface area (Å²) in [5, 5.41) is 3.16. The van der Waals surface area contributed by atoms with Gasteiger partial charge < -0.3 is 15.0 Å². The first-order valence-corrected chi connectivity index (χ1v) is 10.2. The summed E-state index contributed by atoms with van der Waals surface area (Å²) in [5.41, 5.74) is 3.00. The fraction of sp³-hybridized carbons (Fsp3) is 0.478. The van der Waals surface area contributed by atoms with Crippen LogP contribution in [0, 0.1) is 25.7 Å². The molecule has 1 aromatic carbocycles. The van der Waals surface area contributed by atoms with Crippen molar-refractivity contribution in [2.45, 2.75) is 38.4 Å². The van der Waals surface area contributed by atoms with E-state index in [-0.39, 0.29) is 17.6 Å². The number of ether oxygens (including phenoxy) is 1. The maximum Gasteiger partial charge on any atom is 0.251 e. The van der Waals surface area contributed by atoms with Gasteiger partial charge in [-0.2, -0.15) is 0 Å². The van der Waals surface area contributed by atoms with E-state index in [0.29, 0.717) is 18.4 Å². The Morgan fingerprint density at radius 1 is 1.21 bits per heavy atom. The largest absolute Gasteiger partial charge is 0.369 e. The summed E-state index contributed by atoms with van der Waals surface area (Å²) in [4.78, 5) is 19.5. The number of rotatable bonds is 4. The number of pyridine rings is 1. The molecule has 5 rings (SSSR count). The summed E-state index contributed by atoms with van der Waals surface area (Å²) in [5.74, 6) is 1.86. The number of nitrogens with one attached hydrogen (secondary N) is 1. The molecule has 3 aliphatic rings. The zero-order valence-electron chi connectivity index (χ0n) is 16.5. The van der Waals surface area contributed by atoms with E-state index < -0.39 is 0 Å². The molecular formula is C23H27N3O2. The number of carbonyl (C=O) groups excluding carboxylic acids is 1. The highest BCUT2D eigenvalue weighted by Gasteiger charge is 2.63. The molecule has 4 heterocycles. The van der Waals surface area contributed by atoms with E-state index in [1.165, 1.54) is 5.56 Å². The lowest BCUT2D eigenvalue weighted by atomic mass is 9.73. The summed E-state index contributed by atoms with van der Waals surface area (Å²) >= 11 is 0. The first-order chi connectivity index (χ1) is 13.5. The van der Waals surface area contributed by atoms with Crippen molar-refractivity contribution in [3.63, 3.8) is 0 Å². The van der Waals surface area contributed by atoms with E-state index in [2.05, 4.69) is 34.3 Å². The Kier molecular flexibility index (Phi) is 4.16. The molecule has 1 N–H and O–H groups in total. The average molecular weight is 377 g/mol. The Bertz CT molecular complexity index is 880. The minimum absolute atomic E-state index is 0.00637. The lowest BCUT2D eigenvalue weighted by Gasteiger charge is -2.29. The van der Waals surface area contributed by atoms with Crippen molar-refractivity contribution >= 4 is 11.7 Å². The first-order valence-electron chi connectivity index (χ1n) is 10.2. The number of amides is 1. The van der Waals surface area contributed by atoms with Crippen LogP contribution >= 0.6 is 0 Å². The molecule has 5 nitrogen and oxygen atoms in total. The number of benzene rings is 1. The molecule has 3 fully saturated rings. The monoisotopic (exact) mass is 377 g/mol. The smallest absolute Gasteiger partial charge is 0.251 e. The molecule has 28 heavy (non-hydrogen) atoms. The summed E-state index contributed by atoms with van der Waals surface area (Å²) in [6.45, 7) is 6.64. The van der Waals surface area contributed by atoms with Gasteiger partial charge in [0, 0.05) is 43.2 Å². The highest BCUT2D eigenvalue weighted by atomic mass is 16.5. The molecule has 3 aliphatic heterocycles. The Labute approximate surface area is 166 Å². The maximum absolute atomic E-state index is 12.6. The molecule has 5 heteroatoms. The third-order valence-electron chi connectivity index (χ3n) is 6.82. The van der Waals surface area contributed by atoms with Crippen molar-refractivity contribution in [2.75, 3.05) is 24.5 Å². The molecule has 0 radical (unpaired) electrons. The molecule has 3 saturated heterocycles. The van der Waals surface area contributed by atoms with Gasteiger partial charge in [-0.1, -0.05) is 23.8 Å². The third kappa shape index (κ3) is 2.89. The van der Waals surface area contributed by atoms with E-state index in [1.807, 2.05) is 37.4 Å². The lowest BCUT2D eigenvalue weighted by Crippen LogP contribution is -2.41. The van der Waals surface area contributed by atoms with Crippen LogP contribution in [0.15, 0.2) is 42.6 Å². The summed E-state index contributed by atoms with van der Waals surface area (Å²) in [6, 6.07) is 12.0. The van der Waals surface area contributed by atoms with E-state index >= 15 is 0 Å². The number of nitrogens with zero attached hydrogens (tertiary/aromatic N) is 2. The Morgan fingerprint density at radius 3 is 2.75 bits per heavy atom. The minimum Gasteiger partial charge on any atom is -0.369 e. The van der Waals surface area contributed by atoms with Crippen molar-refractivity contribution in [1.29, 1.82) is 0 Å². The molecule has 146 valence electrons. The topological polar surface area (TPSA) is 54.5 Å². The predicted molar refractivity (Wildman–Crippen MR) is 109 cm³/mol. The van der Waals surface area contributed by atoms with Crippen LogP contribution in [0.3, 0.4) is 0 Å². The SMILES string of the molecule is Cc1ccc(C(=O)NC[C@H]2[C@H]3CN(c4ccc(C)cn4)C[C@]34CC[C@H]2O4)cc1. The Morgan fingerprint density at radius 2 is 2.00 bits per heavy atom. The number of hydrogen-bond donors (Lipinski definition) is 1. The molecule has 2 aromatic rings. The molecule has 0 unspecified atom stereocenters. The highest BCUT2D eigenvalue weighted by Crippen LogP contribution is 2.55. The van der Waals surface area contributed by atoms with Gasteiger partial charge in [0.05, 0.1) is 11.7 Å². The quantitative estimate of drug-likeness (QED) is 0.890. The number of hydrogen-bond acceptors (Lipinski definition) is 4. The van der Waals surface area contributed by atoms with Gasteiger partial charge in [0.15, 0.2) is 0 Å². The molecule has 1 amide bonds. The second kappa shape index (κ2) is 6.59. The molecule has 1 spiro atoms. The van der Waals surface area contributed by atoms with Gasteiger partial charge in [-0.3, -0.25) is 4.79 Å². The number of fused-ring (bicyclic) bond motifs is 1. The number of aryl methyl sites for hydroxylation is 2. The van der Waals surface area contributed by atoms with Crippen molar-refractivity contribution in [3.8, 4) is 0 Å². The van der Waals surface area contributed by atoms with Gasteiger partial charge in [-0.05, 0) is 50.5 Å². The minimum atomic E-state index is -0.0590. The van der Waals surface area contributed by atoms with Crippen molar-refractivity contribution in [1.82, 2.24) is 10.3 Å². The van der Waals surface area contributed by atoms with Crippen LogP contribution < -0.4 is 10.2 Å². The maximum atomic E-state index is 12.6. The zero-order valence-corrected chi connectivity index (χ0v) is 16.5. The second-order valence-electron chi connectivity index (χ2n) is 8.68. The Hall–Kier alpha value is -2.40. The van der Waals surface area contributed by atoms with Crippen molar-refractivity contribution in [2.24, 2.45) is 11.8 Å². The lowest BCUT2D eigenvalue weighted by molar-refractivity contribution is 0.0141. The van der Waals surface area contributed by atoms with E-state index in [0.717, 1.165) is 42.9 Å². The standard InChI is InChI=1S/C23H27N3O2/c1-15-3-6-17(7-4-15)22(27)25-12-18-19-13-26(21-8-5-16(2)11-24-21)14-23(19)10-9-20(18)28-23/h3-8,11,18-20H,9-10,12-14H2,1-2H3,(H,25,27)/t18-,19+,20+,23+/m0/s1. The summed E-state index contributed by atoms with van der Waals surface area (Å²) in [6.07, 6.45) is 4.42. The van der Waals surface area contributed by atoms with E-state index in [1.54, 1.807) is 0 Å². The van der Waals surface area contributed by atoms with E-state index in [4.69, 9.17) is 4.74 Å². The molecule has 0 aliphatic carbocycles. The predicted octanol–water partition coefficient (Wildman–Crippen LogP) is 3.11. The molecule has 4 atom stereocenters. The second-order valence-corrected chi connectivity index (χ2v) is 8.68. The molecule has 1 aromatic heterocycles.